The Hall–Kier alpha value is -2.64. The summed E-state index contributed by atoms with van der Waals surface area (Å²) in [6.45, 7) is 2.59. The molecule has 0 amide bonds. The van der Waals surface area contributed by atoms with Gasteiger partial charge in [0.1, 0.15) is 17.9 Å². The van der Waals surface area contributed by atoms with Crippen LogP contribution in [0, 0.1) is 0 Å². The average molecular weight is 431 g/mol. The highest BCUT2D eigenvalue weighted by Crippen LogP contribution is 2.24. The Kier molecular flexibility index (Phi) is 5.69. The minimum absolute atomic E-state index is 0.0208. The molecular formula is C21H19ClN2O4S. The second-order valence-corrected chi connectivity index (χ2v) is 7.93. The zero-order chi connectivity index (χ0) is 20.4. The molecule has 1 aromatic carbocycles. The van der Waals surface area contributed by atoms with Gasteiger partial charge in [-0.05, 0) is 30.7 Å². The second-order valence-electron chi connectivity index (χ2n) is 6.75. The number of fused-ring (bicyclic) bond motifs is 2. The van der Waals surface area contributed by atoms with E-state index in [4.69, 9.17) is 20.8 Å². The van der Waals surface area contributed by atoms with Crippen molar-refractivity contribution in [2.24, 2.45) is 0 Å². The van der Waals surface area contributed by atoms with Gasteiger partial charge in [0.15, 0.2) is 0 Å². The molecule has 0 saturated carbocycles. The zero-order valence-corrected chi connectivity index (χ0v) is 17.4. The number of esters is 1. The number of carbonyl (C=O) groups is 1. The molecule has 0 aliphatic rings. The summed E-state index contributed by atoms with van der Waals surface area (Å²) in [5.41, 5.74) is 0.998. The molecule has 0 atom stereocenters. The topological polar surface area (TPSA) is 74.3 Å². The van der Waals surface area contributed by atoms with Crippen LogP contribution in [0.3, 0.4) is 0 Å². The molecule has 0 N–H and O–H groups in total. The minimum atomic E-state index is -0.345. The average Bonchev–Trinajstić information content (AvgIpc) is 3.32. The van der Waals surface area contributed by atoms with E-state index < -0.39 is 0 Å². The Morgan fingerprint density at radius 3 is 2.93 bits per heavy atom. The lowest BCUT2D eigenvalue weighted by Gasteiger charge is -2.08. The molecule has 0 radical (unpaired) electrons. The summed E-state index contributed by atoms with van der Waals surface area (Å²) in [4.78, 5) is 25.0. The van der Waals surface area contributed by atoms with Crippen molar-refractivity contribution in [3.05, 3.63) is 61.9 Å². The summed E-state index contributed by atoms with van der Waals surface area (Å²) in [7, 11) is 0. The van der Waals surface area contributed by atoms with Crippen molar-refractivity contribution in [3.63, 3.8) is 0 Å². The van der Waals surface area contributed by atoms with Crippen molar-refractivity contribution in [2.45, 2.75) is 32.7 Å². The number of aromatic nitrogens is 2. The summed E-state index contributed by atoms with van der Waals surface area (Å²) in [6, 6.07) is 7.18. The predicted molar refractivity (Wildman–Crippen MR) is 114 cm³/mol. The maximum Gasteiger partial charge on any atom is 0.311 e. The summed E-state index contributed by atoms with van der Waals surface area (Å²) in [6.07, 6.45) is 1.80. The van der Waals surface area contributed by atoms with Gasteiger partial charge in [-0.1, -0.05) is 24.9 Å². The van der Waals surface area contributed by atoms with E-state index in [2.05, 4.69) is 5.10 Å². The molecule has 6 nitrogen and oxygen atoms in total. The van der Waals surface area contributed by atoms with Crippen LogP contribution in [-0.4, -0.2) is 22.4 Å². The predicted octanol–water partition coefficient (Wildman–Crippen LogP) is 4.79. The van der Waals surface area contributed by atoms with Crippen LogP contribution >= 0.6 is 22.9 Å². The number of ether oxygens (including phenoxy) is 1. The van der Waals surface area contributed by atoms with Crippen molar-refractivity contribution in [1.82, 2.24) is 9.78 Å². The van der Waals surface area contributed by atoms with Gasteiger partial charge in [-0.2, -0.15) is 16.4 Å². The molecule has 0 unspecified atom stereocenters. The Morgan fingerprint density at radius 1 is 1.28 bits per heavy atom. The van der Waals surface area contributed by atoms with Crippen LogP contribution in [0.15, 0.2) is 44.2 Å². The smallest absolute Gasteiger partial charge is 0.311 e. The molecule has 8 heteroatoms. The lowest BCUT2D eigenvalue weighted by Crippen LogP contribution is -2.25. The number of unbranched alkanes of at least 4 members (excludes halogenated alkanes) is 1. The maximum absolute atomic E-state index is 12.8. The standard InChI is InChI=1S/C21H19ClN2O4S/c1-2-3-6-27-20(25)9-18-16-11-29-12-17(16)21(26)24(23-18)10-15-8-13-7-14(22)4-5-19(13)28-15/h4-5,7-8,11-12H,2-3,6,9-10H2,1H3. The van der Waals surface area contributed by atoms with Gasteiger partial charge < -0.3 is 9.15 Å². The van der Waals surface area contributed by atoms with Crippen molar-refractivity contribution in [1.29, 1.82) is 0 Å². The van der Waals surface area contributed by atoms with Gasteiger partial charge in [-0.15, -0.1) is 0 Å². The molecule has 3 heterocycles. The fraction of sp³-hybridized carbons (Fsp3) is 0.286. The van der Waals surface area contributed by atoms with Crippen LogP contribution in [0.25, 0.3) is 21.7 Å². The van der Waals surface area contributed by atoms with Gasteiger partial charge in [0, 0.05) is 26.6 Å². The molecule has 4 rings (SSSR count). The number of nitrogens with zero attached hydrogens (tertiary/aromatic N) is 2. The van der Waals surface area contributed by atoms with Crippen LogP contribution in [-0.2, 0) is 22.5 Å². The van der Waals surface area contributed by atoms with E-state index in [0.717, 1.165) is 18.2 Å². The summed E-state index contributed by atoms with van der Waals surface area (Å²) >= 11 is 7.44. The molecule has 4 aromatic rings. The Bertz CT molecular complexity index is 1240. The van der Waals surface area contributed by atoms with Crippen LogP contribution in [0.4, 0.5) is 0 Å². The van der Waals surface area contributed by atoms with Gasteiger partial charge in [-0.25, -0.2) is 4.68 Å². The van der Waals surface area contributed by atoms with Crippen LogP contribution in [0.5, 0.6) is 0 Å². The number of benzene rings is 1. The molecule has 0 aliphatic carbocycles. The lowest BCUT2D eigenvalue weighted by atomic mass is 10.2. The highest BCUT2D eigenvalue weighted by Gasteiger charge is 2.16. The van der Waals surface area contributed by atoms with Crippen molar-refractivity contribution < 1.29 is 13.9 Å². The minimum Gasteiger partial charge on any atom is -0.465 e. The number of thiophene rings is 1. The summed E-state index contributed by atoms with van der Waals surface area (Å²) < 4.78 is 12.4. The first-order valence-corrected chi connectivity index (χ1v) is 10.7. The molecule has 150 valence electrons. The van der Waals surface area contributed by atoms with E-state index in [0.29, 0.717) is 39.4 Å². The number of carbonyl (C=O) groups excluding carboxylic acids is 1. The largest absolute Gasteiger partial charge is 0.465 e. The van der Waals surface area contributed by atoms with Crippen molar-refractivity contribution >= 4 is 50.6 Å². The molecule has 0 aliphatic heterocycles. The first kappa shape index (κ1) is 19.7. The van der Waals surface area contributed by atoms with Crippen LogP contribution in [0.2, 0.25) is 5.02 Å². The SMILES string of the molecule is CCCCOC(=O)Cc1nn(Cc2cc3cc(Cl)ccc3o2)c(=O)c2cscc12. The zero-order valence-electron chi connectivity index (χ0n) is 15.8. The Balaban J connectivity index is 1.65. The fourth-order valence-electron chi connectivity index (χ4n) is 3.12. The Labute approximate surface area is 175 Å². The second kappa shape index (κ2) is 8.39. The quantitative estimate of drug-likeness (QED) is 0.311. The van der Waals surface area contributed by atoms with Crippen molar-refractivity contribution in [3.8, 4) is 0 Å². The third-order valence-corrected chi connectivity index (χ3v) is 5.57. The number of hydrogen-bond acceptors (Lipinski definition) is 6. The van der Waals surface area contributed by atoms with Crippen LogP contribution < -0.4 is 5.56 Å². The fourth-order valence-corrected chi connectivity index (χ4v) is 4.13. The summed E-state index contributed by atoms with van der Waals surface area (Å²) in [5.74, 6) is 0.241. The normalized spacial score (nSPS) is 11.4. The number of hydrogen-bond donors (Lipinski definition) is 0. The van der Waals surface area contributed by atoms with Gasteiger partial charge >= 0.3 is 5.97 Å². The molecular weight excluding hydrogens is 412 g/mol. The number of halogens is 1. The van der Waals surface area contributed by atoms with Gasteiger partial charge in [0.2, 0.25) is 0 Å². The lowest BCUT2D eigenvalue weighted by molar-refractivity contribution is -0.143. The third-order valence-electron chi connectivity index (χ3n) is 4.59. The number of rotatable bonds is 7. The molecule has 0 fully saturated rings. The Morgan fingerprint density at radius 2 is 2.10 bits per heavy atom. The molecule has 0 saturated heterocycles. The molecule has 0 spiro atoms. The third kappa shape index (κ3) is 4.21. The first-order valence-electron chi connectivity index (χ1n) is 9.34. The van der Waals surface area contributed by atoms with E-state index in [1.54, 1.807) is 23.6 Å². The van der Waals surface area contributed by atoms with E-state index >= 15 is 0 Å². The first-order chi connectivity index (χ1) is 14.0. The van der Waals surface area contributed by atoms with Crippen molar-refractivity contribution in [2.75, 3.05) is 6.61 Å². The van der Waals surface area contributed by atoms with E-state index in [1.807, 2.05) is 18.4 Å². The number of furan rings is 1. The van der Waals surface area contributed by atoms with Gasteiger partial charge in [0.25, 0.3) is 5.56 Å². The monoisotopic (exact) mass is 430 g/mol. The molecule has 29 heavy (non-hydrogen) atoms. The maximum atomic E-state index is 12.8. The van der Waals surface area contributed by atoms with E-state index in [9.17, 15) is 9.59 Å². The van der Waals surface area contributed by atoms with E-state index in [1.165, 1.54) is 16.0 Å². The molecule has 0 bridgehead atoms. The highest BCUT2D eigenvalue weighted by atomic mass is 35.5. The van der Waals surface area contributed by atoms with E-state index in [-0.39, 0.29) is 24.5 Å². The summed E-state index contributed by atoms with van der Waals surface area (Å²) in [5, 5.41) is 10.8. The van der Waals surface area contributed by atoms with Gasteiger partial charge in [0.05, 0.1) is 24.1 Å². The van der Waals surface area contributed by atoms with Gasteiger partial charge in [-0.3, -0.25) is 9.59 Å². The van der Waals surface area contributed by atoms with Crippen LogP contribution in [0.1, 0.15) is 31.2 Å². The molecule has 3 aromatic heterocycles. The highest BCUT2D eigenvalue weighted by molar-refractivity contribution is 7.09.